The van der Waals surface area contributed by atoms with E-state index < -0.39 is 7.59 Å². The first-order valence-electron chi connectivity index (χ1n) is 6.80. The Hall–Kier alpha value is -0.740. The number of thioether (sulfide) groups is 1. The van der Waals surface area contributed by atoms with Crippen LogP contribution >= 0.6 is 19.4 Å². The molecule has 0 radical (unpaired) electrons. The van der Waals surface area contributed by atoms with Crippen LogP contribution in [0.15, 0.2) is 36.4 Å². The van der Waals surface area contributed by atoms with Crippen molar-refractivity contribution in [3.05, 3.63) is 42.0 Å². The Morgan fingerprint density at radius 2 is 1.62 bits per heavy atom. The highest BCUT2D eigenvalue weighted by Gasteiger charge is 2.34. The number of rotatable bonds is 7. The second-order valence-corrected chi connectivity index (χ2v) is 9.28. The molecule has 0 bridgehead atoms. The Morgan fingerprint density at radius 1 is 1.10 bits per heavy atom. The molecule has 0 aliphatic carbocycles. The van der Waals surface area contributed by atoms with Crippen molar-refractivity contribution in [2.75, 3.05) is 47.2 Å². The van der Waals surface area contributed by atoms with Crippen molar-refractivity contribution in [1.29, 1.82) is 0 Å². The van der Waals surface area contributed by atoms with Crippen molar-refractivity contribution in [2.24, 2.45) is 0 Å². The van der Waals surface area contributed by atoms with Crippen LogP contribution in [-0.4, -0.2) is 61.3 Å². The zero-order valence-corrected chi connectivity index (χ0v) is 15.5. The smallest absolute Gasteiger partial charge is 0.302 e. The van der Waals surface area contributed by atoms with Gasteiger partial charge in [0.15, 0.2) is 0 Å². The van der Waals surface area contributed by atoms with E-state index in [1.54, 1.807) is 21.1 Å². The second kappa shape index (κ2) is 8.04. The fraction of sp³-hybridized carbons (Fsp3) is 0.467. The number of hydrogen-bond donors (Lipinski definition) is 0. The number of nitrogens with zero attached hydrogens (tertiary/aromatic N) is 3. The summed E-state index contributed by atoms with van der Waals surface area (Å²) in [6.07, 6.45) is 4.20. The molecule has 21 heavy (non-hydrogen) atoms. The molecule has 0 aromatic heterocycles. The van der Waals surface area contributed by atoms with Gasteiger partial charge in [0.05, 0.1) is 0 Å². The number of benzene rings is 1. The van der Waals surface area contributed by atoms with Crippen LogP contribution in [0.25, 0.3) is 5.70 Å². The molecule has 0 saturated heterocycles. The fourth-order valence-corrected chi connectivity index (χ4v) is 4.83. The maximum absolute atomic E-state index is 13.4. The van der Waals surface area contributed by atoms with Crippen LogP contribution in [0.1, 0.15) is 5.56 Å². The Morgan fingerprint density at radius 3 is 2.05 bits per heavy atom. The molecule has 118 valence electrons. The van der Waals surface area contributed by atoms with Gasteiger partial charge in [-0.25, -0.2) is 9.34 Å². The lowest BCUT2D eigenvalue weighted by molar-refractivity contribution is 0.400. The topological polar surface area (TPSA) is 26.8 Å². The summed E-state index contributed by atoms with van der Waals surface area (Å²) in [5, 5.41) is 0. The summed E-state index contributed by atoms with van der Waals surface area (Å²) in [5.41, 5.74) is 2.08. The van der Waals surface area contributed by atoms with E-state index in [-0.39, 0.29) is 0 Å². The molecule has 0 aliphatic rings. The van der Waals surface area contributed by atoms with Crippen molar-refractivity contribution in [3.63, 3.8) is 0 Å². The zero-order chi connectivity index (χ0) is 16.0. The molecule has 4 nitrogen and oxygen atoms in total. The monoisotopic (exact) mass is 327 g/mol. The molecule has 0 N–H and O–H groups in total. The summed E-state index contributed by atoms with van der Waals surface area (Å²) in [7, 11) is 6.53. The molecule has 0 amide bonds. The van der Waals surface area contributed by atoms with Gasteiger partial charge in [-0.3, -0.25) is 4.57 Å². The first-order valence-corrected chi connectivity index (χ1v) is 9.76. The van der Waals surface area contributed by atoms with E-state index >= 15 is 0 Å². The van der Waals surface area contributed by atoms with Gasteiger partial charge in [-0.05, 0) is 40.0 Å². The van der Waals surface area contributed by atoms with Gasteiger partial charge < -0.3 is 4.67 Å². The predicted molar refractivity (Wildman–Crippen MR) is 95.5 cm³/mol. The first-order chi connectivity index (χ1) is 9.85. The quantitative estimate of drug-likeness (QED) is 0.714. The van der Waals surface area contributed by atoms with Crippen LogP contribution in [0, 0.1) is 0 Å². The van der Waals surface area contributed by atoms with Gasteiger partial charge in [0.2, 0.25) is 0 Å². The average Bonchev–Trinajstić information content (AvgIpc) is 2.47. The highest BCUT2D eigenvalue weighted by atomic mass is 32.2. The van der Waals surface area contributed by atoms with Gasteiger partial charge in [0.25, 0.3) is 0 Å². The molecular formula is C15H26N3OPS. The van der Waals surface area contributed by atoms with Gasteiger partial charge in [-0.15, -0.1) is 0 Å². The Bertz CT molecular complexity index is 505. The summed E-state index contributed by atoms with van der Waals surface area (Å²) >= 11 is 1.75. The zero-order valence-electron chi connectivity index (χ0n) is 13.8. The van der Waals surface area contributed by atoms with Crippen LogP contribution in [-0.2, 0) is 4.57 Å². The third-order valence-corrected chi connectivity index (χ3v) is 6.88. The molecule has 1 aromatic carbocycles. The lowest BCUT2D eigenvalue weighted by atomic mass is 10.1. The minimum Gasteiger partial charge on any atom is -0.302 e. The largest absolute Gasteiger partial charge is 0.309 e. The lowest BCUT2D eigenvalue weighted by Gasteiger charge is -2.39. The fourth-order valence-electron chi connectivity index (χ4n) is 2.24. The van der Waals surface area contributed by atoms with E-state index in [1.165, 1.54) is 0 Å². The van der Waals surface area contributed by atoms with E-state index in [9.17, 15) is 4.57 Å². The maximum Gasteiger partial charge on any atom is 0.309 e. The van der Waals surface area contributed by atoms with Gasteiger partial charge in [0, 0.05) is 18.5 Å². The Kier molecular flexibility index (Phi) is 7.01. The van der Waals surface area contributed by atoms with Crippen LogP contribution in [0.5, 0.6) is 0 Å². The summed E-state index contributed by atoms with van der Waals surface area (Å²) in [6.45, 7) is 0. The van der Waals surface area contributed by atoms with Crippen molar-refractivity contribution in [3.8, 4) is 0 Å². The van der Waals surface area contributed by atoms with E-state index in [0.29, 0.717) is 0 Å². The minimum absolute atomic E-state index is 0.884. The molecule has 0 saturated carbocycles. The Labute approximate surface area is 133 Å². The van der Waals surface area contributed by atoms with Crippen molar-refractivity contribution < 1.29 is 4.57 Å². The van der Waals surface area contributed by atoms with Crippen LogP contribution < -0.4 is 0 Å². The lowest BCUT2D eigenvalue weighted by Crippen LogP contribution is -2.31. The molecule has 0 heterocycles. The highest BCUT2D eigenvalue weighted by molar-refractivity contribution is 7.98. The highest BCUT2D eigenvalue weighted by Crippen LogP contribution is 2.55. The standard InChI is InChI=1S/C15H26N3OPS/c1-16(2)20(19,17(3)4)18(5)15(12-13-21-6)14-10-8-7-9-11-14/h7-12H,13H2,1-6H3/b15-12+. The van der Waals surface area contributed by atoms with Gasteiger partial charge in [-0.2, -0.15) is 11.8 Å². The van der Waals surface area contributed by atoms with E-state index in [1.807, 2.05) is 58.1 Å². The minimum atomic E-state index is -2.79. The van der Waals surface area contributed by atoms with Crippen molar-refractivity contribution >= 4 is 25.1 Å². The van der Waals surface area contributed by atoms with E-state index in [4.69, 9.17) is 0 Å². The van der Waals surface area contributed by atoms with E-state index in [0.717, 1.165) is 17.0 Å². The molecule has 0 spiro atoms. The molecule has 0 fully saturated rings. The van der Waals surface area contributed by atoms with E-state index in [2.05, 4.69) is 24.5 Å². The van der Waals surface area contributed by atoms with Gasteiger partial charge >= 0.3 is 7.59 Å². The van der Waals surface area contributed by atoms with Crippen molar-refractivity contribution in [2.45, 2.75) is 0 Å². The summed E-state index contributed by atoms with van der Waals surface area (Å²) in [4.78, 5) is 0. The SMILES string of the molecule is CSC/C=C(\c1ccccc1)N(C)P(=O)(N(C)C)N(C)C. The molecule has 0 aliphatic heterocycles. The van der Waals surface area contributed by atoms with Crippen molar-refractivity contribution in [1.82, 2.24) is 14.0 Å². The predicted octanol–water partition coefficient (Wildman–Crippen LogP) is 3.55. The Balaban J connectivity index is 3.30. The first kappa shape index (κ1) is 18.3. The van der Waals surface area contributed by atoms with Gasteiger partial charge in [0.1, 0.15) is 0 Å². The molecule has 0 unspecified atom stereocenters. The van der Waals surface area contributed by atoms with Gasteiger partial charge in [-0.1, -0.05) is 36.4 Å². The normalized spacial score (nSPS) is 13.0. The van der Waals surface area contributed by atoms with Crippen LogP contribution in [0.3, 0.4) is 0 Å². The third kappa shape index (κ3) is 4.13. The van der Waals surface area contributed by atoms with Crippen LogP contribution in [0.4, 0.5) is 0 Å². The summed E-state index contributed by atoms with van der Waals surface area (Å²) in [5.74, 6) is 0.884. The molecule has 1 aromatic rings. The number of hydrogen-bond acceptors (Lipinski definition) is 2. The summed E-state index contributed by atoms with van der Waals surface area (Å²) < 4.78 is 18.9. The molecular weight excluding hydrogens is 301 g/mol. The molecule has 0 atom stereocenters. The third-order valence-electron chi connectivity index (χ3n) is 3.29. The summed E-state index contributed by atoms with van der Waals surface area (Å²) in [6, 6.07) is 10.1. The molecule has 6 heteroatoms. The molecule has 1 rings (SSSR count). The van der Waals surface area contributed by atoms with Crippen LogP contribution in [0.2, 0.25) is 0 Å². The maximum atomic E-state index is 13.4. The second-order valence-electron chi connectivity index (χ2n) is 5.14. The average molecular weight is 327 g/mol.